The van der Waals surface area contributed by atoms with Gasteiger partial charge in [0.1, 0.15) is 12.7 Å². The van der Waals surface area contributed by atoms with Crippen molar-refractivity contribution in [2.75, 3.05) is 26.4 Å². The van der Waals surface area contributed by atoms with Crippen LogP contribution in [0.1, 0.15) is 149 Å². The maximum Gasteiger partial charge on any atom is 0.472 e. The topological polar surface area (TPSA) is 166 Å². The molecule has 0 aromatic heterocycles. The lowest BCUT2D eigenvalue weighted by atomic mass is 10.1. The maximum atomic E-state index is 12.6. The smallest absolute Gasteiger partial charge is 0.462 e. The number of carbonyl (C=O) groups excluding carboxylic acids is 3. The number of phosphoric ester groups is 1. The van der Waals surface area contributed by atoms with Crippen LogP contribution in [-0.4, -0.2) is 71.5 Å². The summed E-state index contributed by atoms with van der Waals surface area (Å²) in [5, 5.41) is 18.3. The molecule has 0 saturated carbocycles. The van der Waals surface area contributed by atoms with Gasteiger partial charge in [0, 0.05) is 19.3 Å². The van der Waals surface area contributed by atoms with Gasteiger partial charge in [-0.1, -0.05) is 131 Å². The molecule has 1 unspecified atom stereocenters. The molecule has 3 atom stereocenters. The summed E-state index contributed by atoms with van der Waals surface area (Å²) in [5.41, 5.74) is 0. The molecule has 0 fully saturated rings. The number of aliphatic hydroxyl groups excluding tert-OH is 2. The highest BCUT2D eigenvalue weighted by Crippen LogP contribution is 2.43. The summed E-state index contributed by atoms with van der Waals surface area (Å²) in [4.78, 5) is 46.7. The molecule has 0 aliphatic heterocycles. The van der Waals surface area contributed by atoms with E-state index in [0.29, 0.717) is 25.7 Å². The molecule has 0 aromatic carbocycles. The van der Waals surface area contributed by atoms with Crippen LogP contribution in [0.3, 0.4) is 0 Å². The average Bonchev–Trinajstić information content (AvgIpc) is 3.20. The van der Waals surface area contributed by atoms with Crippen LogP contribution in [0, 0.1) is 0 Å². The first kappa shape index (κ1) is 54.8. The number of phosphoric acid groups is 1. The lowest BCUT2D eigenvalue weighted by Gasteiger charge is -2.20. The second-order valence-corrected chi connectivity index (χ2v) is 15.5. The third kappa shape index (κ3) is 39.6. The van der Waals surface area contributed by atoms with E-state index in [-0.39, 0.29) is 25.2 Å². The number of carbonyl (C=O) groups is 3. The normalized spacial score (nSPS) is 14.6. The molecule has 58 heavy (non-hydrogen) atoms. The van der Waals surface area contributed by atoms with Gasteiger partial charge in [0.05, 0.1) is 19.8 Å². The Morgan fingerprint density at radius 3 is 1.69 bits per heavy atom. The fourth-order valence-electron chi connectivity index (χ4n) is 5.12. The number of ether oxygens (including phenoxy) is 2. The second kappa shape index (κ2) is 40.6. The maximum absolute atomic E-state index is 12.6. The van der Waals surface area contributed by atoms with Crippen molar-refractivity contribution in [2.45, 2.75) is 161 Å². The molecular weight excluding hydrogens is 759 g/mol. The molecule has 330 valence electrons. The van der Waals surface area contributed by atoms with E-state index in [1.165, 1.54) is 19.3 Å². The number of esters is 2. The minimum Gasteiger partial charge on any atom is -0.462 e. The average molecular weight is 835 g/mol. The van der Waals surface area contributed by atoms with Gasteiger partial charge in [-0.3, -0.25) is 23.4 Å². The highest BCUT2D eigenvalue weighted by molar-refractivity contribution is 7.47. The van der Waals surface area contributed by atoms with Crippen molar-refractivity contribution in [3.05, 3.63) is 85.1 Å². The van der Waals surface area contributed by atoms with E-state index in [2.05, 4.69) is 54.8 Å². The lowest BCUT2D eigenvalue weighted by Crippen LogP contribution is -2.29. The van der Waals surface area contributed by atoms with Crippen LogP contribution in [0.4, 0.5) is 0 Å². The molecule has 0 radical (unpaired) electrons. The third-order valence-corrected chi connectivity index (χ3v) is 9.45. The van der Waals surface area contributed by atoms with Crippen LogP contribution < -0.4 is 0 Å². The Morgan fingerprint density at radius 2 is 1.07 bits per heavy atom. The Morgan fingerprint density at radius 1 is 0.569 bits per heavy atom. The summed E-state index contributed by atoms with van der Waals surface area (Å²) >= 11 is 0. The van der Waals surface area contributed by atoms with E-state index in [9.17, 15) is 28.9 Å². The van der Waals surface area contributed by atoms with Crippen LogP contribution in [0.25, 0.3) is 0 Å². The highest BCUT2D eigenvalue weighted by Gasteiger charge is 2.27. The van der Waals surface area contributed by atoms with Gasteiger partial charge >= 0.3 is 19.8 Å². The zero-order chi connectivity index (χ0) is 42.8. The molecule has 0 spiro atoms. The molecule has 0 aliphatic rings. The molecule has 0 amide bonds. The van der Waals surface area contributed by atoms with E-state index < -0.39 is 51.8 Å². The summed E-state index contributed by atoms with van der Waals surface area (Å²) in [6.07, 6.45) is 43.9. The van der Waals surface area contributed by atoms with Crippen LogP contribution in [0.15, 0.2) is 85.1 Å². The van der Waals surface area contributed by atoms with Crippen LogP contribution in [0.5, 0.6) is 0 Å². The fraction of sp³-hybridized carbons (Fsp3) is 0.630. The first-order chi connectivity index (χ1) is 28.1. The van der Waals surface area contributed by atoms with E-state index in [4.69, 9.17) is 19.1 Å². The molecular formula is C46H75O11P. The molecule has 0 aromatic rings. The Bertz CT molecular complexity index is 1300. The first-order valence-electron chi connectivity index (χ1n) is 21.5. The molecule has 0 aliphatic carbocycles. The predicted octanol–water partition coefficient (Wildman–Crippen LogP) is 10.6. The standard InChI is InChI=1S/C46H75O11P/c1-3-5-7-8-9-10-11-12-13-14-15-16-19-22-25-28-32-36-45(50)54-40-44(41-56-58(52,53)55-39-43(49)38-47)57-46(51)37-33-29-26-23-20-17-18-21-24-27-31-35-42(48)34-30-6-4-2/h9-10,12-13,15-18,23-24,26-27,31,35,43-44,47,49H,3-8,11,14,19-22,25,28-30,32-34,36-41H2,1-2H3,(H,52,53)/b10-9-,13-12-,16-15-,18-17-,26-23-,27-24-,35-31+/t43-,44+/m0/s1. The molecule has 0 bridgehead atoms. The van der Waals surface area contributed by atoms with Gasteiger partial charge in [-0.25, -0.2) is 4.57 Å². The van der Waals surface area contributed by atoms with Gasteiger partial charge in [-0.05, 0) is 83.1 Å². The number of hydrogen-bond acceptors (Lipinski definition) is 10. The Balaban J connectivity index is 4.51. The number of allylic oxidation sites excluding steroid dienone is 14. The second-order valence-electron chi connectivity index (χ2n) is 14.0. The predicted molar refractivity (Wildman–Crippen MR) is 233 cm³/mol. The molecule has 12 heteroatoms. The number of ketones is 1. The van der Waals surface area contributed by atoms with Gasteiger partial charge < -0.3 is 24.6 Å². The largest absolute Gasteiger partial charge is 0.472 e. The number of hydrogen-bond donors (Lipinski definition) is 3. The van der Waals surface area contributed by atoms with Crippen molar-refractivity contribution in [1.82, 2.24) is 0 Å². The Kier molecular flexibility index (Phi) is 38.4. The van der Waals surface area contributed by atoms with Crippen LogP contribution in [0.2, 0.25) is 0 Å². The van der Waals surface area contributed by atoms with Gasteiger partial charge in [-0.2, -0.15) is 0 Å². The number of aliphatic hydroxyl groups is 2. The van der Waals surface area contributed by atoms with Crippen molar-refractivity contribution in [2.24, 2.45) is 0 Å². The minimum absolute atomic E-state index is 0.0722. The van der Waals surface area contributed by atoms with Crippen molar-refractivity contribution in [1.29, 1.82) is 0 Å². The lowest BCUT2D eigenvalue weighted by molar-refractivity contribution is -0.161. The highest BCUT2D eigenvalue weighted by atomic mass is 31.2. The molecule has 0 rings (SSSR count). The first-order valence-corrected chi connectivity index (χ1v) is 23.0. The molecule has 0 heterocycles. The monoisotopic (exact) mass is 835 g/mol. The zero-order valence-corrected chi connectivity index (χ0v) is 36.4. The van der Waals surface area contributed by atoms with Crippen LogP contribution >= 0.6 is 7.82 Å². The minimum atomic E-state index is -4.66. The molecule has 11 nitrogen and oxygen atoms in total. The summed E-state index contributed by atoms with van der Waals surface area (Å²) in [6, 6.07) is 0. The number of rotatable bonds is 39. The Labute approximate surface area is 349 Å². The van der Waals surface area contributed by atoms with E-state index in [1.54, 1.807) is 12.2 Å². The quantitative estimate of drug-likeness (QED) is 0.0135. The van der Waals surface area contributed by atoms with Gasteiger partial charge in [0.15, 0.2) is 11.9 Å². The van der Waals surface area contributed by atoms with Crippen molar-refractivity contribution < 1.29 is 52.6 Å². The summed E-state index contributed by atoms with van der Waals surface area (Å²) in [5.74, 6) is -0.906. The van der Waals surface area contributed by atoms with E-state index in [0.717, 1.165) is 77.0 Å². The summed E-state index contributed by atoms with van der Waals surface area (Å²) in [6.45, 7) is 2.06. The zero-order valence-electron chi connectivity index (χ0n) is 35.5. The van der Waals surface area contributed by atoms with Crippen molar-refractivity contribution in [3.63, 3.8) is 0 Å². The van der Waals surface area contributed by atoms with E-state index >= 15 is 0 Å². The SMILES string of the molecule is CCCCC/C=C\C/C=C\C/C=C\CCCCCCC(=O)OC[C@H](COP(=O)(O)OC[C@@H](O)CO)OC(=O)CCC/C=C\C/C=C\C/C=C\C=C\C(=O)CCCCC. The molecule has 3 N–H and O–H groups in total. The van der Waals surface area contributed by atoms with Crippen molar-refractivity contribution >= 4 is 25.5 Å². The van der Waals surface area contributed by atoms with Gasteiger partial charge in [-0.15, -0.1) is 0 Å². The molecule has 0 saturated heterocycles. The Hall–Kier alpha value is -3.18. The summed E-state index contributed by atoms with van der Waals surface area (Å²) in [7, 11) is -4.66. The number of unbranched alkanes of at least 4 members (excludes halogenated alkanes) is 10. The fourth-order valence-corrected chi connectivity index (χ4v) is 5.91. The van der Waals surface area contributed by atoms with Gasteiger partial charge in [0.2, 0.25) is 0 Å². The third-order valence-electron chi connectivity index (χ3n) is 8.50. The van der Waals surface area contributed by atoms with Crippen LogP contribution in [-0.2, 0) is 37.5 Å². The van der Waals surface area contributed by atoms with E-state index in [1.807, 2.05) is 36.5 Å². The van der Waals surface area contributed by atoms with Gasteiger partial charge in [0.25, 0.3) is 0 Å². The van der Waals surface area contributed by atoms with Crippen molar-refractivity contribution in [3.8, 4) is 0 Å². The summed E-state index contributed by atoms with van der Waals surface area (Å²) < 4.78 is 32.6.